The van der Waals surface area contributed by atoms with Crippen LogP contribution in [0.25, 0.3) is 0 Å². The Labute approximate surface area is 232 Å². The molecular formula is C29H50NO8P. The Hall–Kier alpha value is -0.990. The Morgan fingerprint density at radius 3 is 2.38 bits per heavy atom. The van der Waals surface area contributed by atoms with Crippen LogP contribution in [0.3, 0.4) is 0 Å². The second kappa shape index (κ2) is 11.7. The Bertz CT molecular complexity index is 956. The van der Waals surface area contributed by atoms with Crippen molar-refractivity contribution in [3.8, 4) is 0 Å². The molecule has 4 fully saturated rings. The maximum absolute atomic E-state index is 12.4. The fraction of sp³-hybridized carbons (Fsp3) is 0.931. The Kier molecular flexibility index (Phi) is 9.30. The molecule has 224 valence electrons. The van der Waals surface area contributed by atoms with Crippen molar-refractivity contribution in [2.45, 2.75) is 104 Å². The van der Waals surface area contributed by atoms with Crippen molar-refractivity contribution >= 4 is 19.5 Å². The SMILES string of the molecule is C[C@H](CCNC(=O)CCC(CP(=O)(O)O)C(=O)O)[C@H]1CCC2C3CCC4C[C@H](O)CC[C@]4(C)C3C[C@H](O)[C@@]21C. The number of carbonyl (C=O) groups excluding carboxylic acids is 1. The number of amides is 1. The van der Waals surface area contributed by atoms with Gasteiger partial charge >= 0.3 is 13.6 Å². The van der Waals surface area contributed by atoms with E-state index in [1.165, 1.54) is 12.8 Å². The largest absolute Gasteiger partial charge is 0.481 e. The summed E-state index contributed by atoms with van der Waals surface area (Å²) in [5.41, 5.74) is 0.0720. The summed E-state index contributed by atoms with van der Waals surface area (Å²) in [5.74, 6) is 0.0176. The van der Waals surface area contributed by atoms with Gasteiger partial charge in [-0.3, -0.25) is 14.2 Å². The number of carbonyl (C=O) groups is 2. The summed E-state index contributed by atoms with van der Waals surface area (Å²) in [6, 6.07) is 0. The molecule has 5 unspecified atom stereocenters. The topological polar surface area (TPSA) is 164 Å². The van der Waals surface area contributed by atoms with Gasteiger partial charge in [-0.2, -0.15) is 0 Å². The predicted molar refractivity (Wildman–Crippen MR) is 147 cm³/mol. The summed E-state index contributed by atoms with van der Waals surface area (Å²) in [4.78, 5) is 41.8. The van der Waals surface area contributed by atoms with E-state index in [0.717, 1.165) is 44.9 Å². The van der Waals surface area contributed by atoms with E-state index in [0.29, 0.717) is 42.1 Å². The van der Waals surface area contributed by atoms with Crippen molar-refractivity contribution in [1.82, 2.24) is 5.32 Å². The van der Waals surface area contributed by atoms with Crippen molar-refractivity contribution in [3.63, 3.8) is 0 Å². The molecule has 0 heterocycles. The molecular weight excluding hydrogens is 521 g/mol. The van der Waals surface area contributed by atoms with E-state index >= 15 is 0 Å². The molecule has 9 nitrogen and oxygen atoms in total. The number of rotatable bonds is 10. The van der Waals surface area contributed by atoms with Crippen LogP contribution in [-0.4, -0.2) is 61.9 Å². The van der Waals surface area contributed by atoms with Crippen molar-refractivity contribution in [2.75, 3.05) is 12.7 Å². The molecule has 0 spiro atoms. The average molecular weight is 572 g/mol. The molecule has 4 rings (SSSR count). The number of aliphatic hydroxyl groups is 2. The third-order valence-electron chi connectivity index (χ3n) is 12.0. The first-order valence-electron chi connectivity index (χ1n) is 15.1. The molecule has 39 heavy (non-hydrogen) atoms. The van der Waals surface area contributed by atoms with Crippen LogP contribution < -0.4 is 5.32 Å². The Morgan fingerprint density at radius 1 is 1.00 bits per heavy atom. The highest BCUT2D eigenvalue weighted by molar-refractivity contribution is 7.51. The molecule has 0 aromatic rings. The number of nitrogens with one attached hydrogen (secondary N) is 1. The molecule has 0 saturated heterocycles. The first-order chi connectivity index (χ1) is 18.2. The lowest BCUT2D eigenvalue weighted by atomic mass is 9.43. The van der Waals surface area contributed by atoms with Gasteiger partial charge in [0.25, 0.3) is 0 Å². The third kappa shape index (κ3) is 6.28. The highest BCUT2D eigenvalue weighted by Gasteiger charge is 2.63. The second-order valence-electron chi connectivity index (χ2n) is 13.9. The number of carboxylic acid groups (broad SMARTS) is 1. The number of aliphatic carboxylic acids is 1. The molecule has 6 N–H and O–H groups in total. The van der Waals surface area contributed by atoms with Gasteiger partial charge in [0.15, 0.2) is 0 Å². The van der Waals surface area contributed by atoms with Crippen molar-refractivity contribution in [3.05, 3.63) is 0 Å². The van der Waals surface area contributed by atoms with Gasteiger partial charge in [0, 0.05) is 13.0 Å². The van der Waals surface area contributed by atoms with E-state index in [9.17, 15) is 29.5 Å². The van der Waals surface area contributed by atoms with Crippen molar-refractivity contribution in [1.29, 1.82) is 0 Å². The van der Waals surface area contributed by atoms with Gasteiger partial charge < -0.3 is 30.4 Å². The standard InChI is InChI=1S/C29H50NO8P/c1-17(11-13-30-26(33)9-4-18(27(34)35)16-39(36,37)38)22-7-8-23-21-6-5-19-14-20(31)10-12-28(19,2)24(21)15-25(32)29(22,23)3/h17-25,31-32H,4-16H2,1-3H3,(H,30,33)(H,34,35)(H2,36,37,38)/t17-,18?,19?,20-,21?,22-,23?,24?,25+,28+,29-/m1/s1. The smallest absolute Gasteiger partial charge is 0.326 e. The van der Waals surface area contributed by atoms with Crippen LogP contribution in [-0.2, 0) is 14.2 Å². The van der Waals surface area contributed by atoms with E-state index in [1.54, 1.807) is 0 Å². The van der Waals surface area contributed by atoms with Crippen molar-refractivity contribution < 1.29 is 39.3 Å². The summed E-state index contributed by atoms with van der Waals surface area (Å²) in [5, 5.41) is 34.1. The number of carboxylic acids is 1. The fourth-order valence-corrected chi connectivity index (χ4v) is 10.7. The van der Waals surface area contributed by atoms with Crippen LogP contribution in [0.15, 0.2) is 0 Å². The van der Waals surface area contributed by atoms with Crippen LogP contribution in [0.1, 0.15) is 91.4 Å². The van der Waals surface area contributed by atoms with E-state index in [1.807, 2.05) is 0 Å². The van der Waals surface area contributed by atoms with Gasteiger partial charge in [0.05, 0.1) is 24.3 Å². The molecule has 0 aliphatic heterocycles. The van der Waals surface area contributed by atoms with E-state index in [2.05, 4.69) is 26.1 Å². The summed E-state index contributed by atoms with van der Waals surface area (Å²) in [6.45, 7) is 7.40. The van der Waals surface area contributed by atoms with Gasteiger partial charge in [0.2, 0.25) is 5.91 Å². The lowest BCUT2D eigenvalue weighted by Gasteiger charge is -2.62. The van der Waals surface area contributed by atoms with Crippen LogP contribution in [0, 0.1) is 52.3 Å². The monoisotopic (exact) mass is 571 g/mol. The Balaban J connectivity index is 1.31. The van der Waals surface area contributed by atoms with Gasteiger partial charge in [-0.05, 0) is 111 Å². The molecule has 4 saturated carbocycles. The fourth-order valence-electron chi connectivity index (χ4n) is 9.77. The first kappa shape index (κ1) is 31.0. The maximum atomic E-state index is 12.4. The van der Waals surface area contributed by atoms with Crippen LogP contribution in [0.5, 0.6) is 0 Å². The molecule has 4 aliphatic carbocycles. The zero-order valence-electron chi connectivity index (χ0n) is 23.8. The van der Waals surface area contributed by atoms with Crippen LogP contribution >= 0.6 is 7.60 Å². The summed E-state index contributed by atoms with van der Waals surface area (Å²) >= 11 is 0. The Morgan fingerprint density at radius 2 is 1.72 bits per heavy atom. The summed E-state index contributed by atoms with van der Waals surface area (Å²) < 4.78 is 11.2. The van der Waals surface area contributed by atoms with E-state index < -0.39 is 25.6 Å². The van der Waals surface area contributed by atoms with Crippen LogP contribution in [0.2, 0.25) is 0 Å². The normalized spacial score (nSPS) is 41.6. The molecule has 0 radical (unpaired) electrons. The summed E-state index contributed by atoms with van der Waals surface area (Å²) in [7, 11) is -4.47. The van der Waals surface area contributed by atoms with Gasteiger partial charge in [-0.15, -0.1) is 0 Å². The molecule has 10 heteroatoms. The minimum Gasteiger partial charge on any atom is -0.481 e. The minimum atomic E-state index is -4.47. The highest BCUT2D eigenvalue weighted by Crippen LogP contribution is 2.68. The molecule has 1 amide bonds. The lowest BCUT2D eigenvalue weighted by molar-refractivity contribution is -0.174. The number of fused-ring (bicyclic) bond motifs is 5. The molecule has 4 aliphatic rings. The third-order valence-corrected chi connectivity index (χ3v) is 12.9. The number of hydrogen-bond donors (Lipinski definition) is 6. The highest BCUT2D eigenvalue weighted by atomic mass is 31.2. The van der Waals surface area contributed by atoms with Gasteiger partial charge in [-0.25, -0.2) is 0 Å². The molecule has 0 aromatic carbocycles. The van der Waals surface area contributed by atoms with Crippen molar-refractivity contribution in [2.24, 2.45) is 52.3 Å². The zero-order valence-corrected chi connectivity index (χ0v) is 24.7. The number of hydrogen-bond acceptors (Lipinski definition) is 5. The average Bonchev–Trinajstić information content (AvgIpc) is 3.21. The zero-order chi connectivity index (χ0) is 28.8. The van der Waals surface area contributed by atoms with E-state index in [4.69, 9.17) is 9.79 Å². The lowest BCUT2D eigenvalue weighted by Crippen LogP contribution is -2.58. The minimum absolute atomic E-state index is 0.0901. The number of aliphatic hydroxyl groups excluding tert-OH is 2. The van der Waals surface area contributed by atoms with Crippen LogP contribution in [0.4, 0.5) is 0 Å². The molecule has 0 bridgehead atoms. The summed E-state index contributed by atoms with van der Waals surface area (Å²) in [6.07, 6.45) is 7.56. The quantitative estimate of drug-likeness (QED) is 0.216. The van der Waals surface area contributed by atoms with E-state index in [-0.39, 0.29) is 41.8 Å². The van der Waals surface area contributed by atoms with Gasteiger partial charge in [-0.1, -0.05) is 20.8 Å². The molecule has 0 aromatic heterocycles. The van der Waals surface area contributed by atoms with Gasteiger partial charge in [0.1, 0.15) is 0 Å². The molecule has 11 atom stereocenters. The predicted octanol–water partition coefficient (Wildman–Crippen LogP) is 3.78. The first-order valence-corrected chi connectivity index (χ1v) is 16.9. The maximum Gasteiger partial charge on any atom is 0.326 e. The second-order valence-corrected chi connectivity index (χ2v) is 15.6.